The maximum atomic E-state index is 10.5. The smallest absolute Gasteiger partial charge is 0.187 e. The van der Waals surface area contributed by atoms with Gasteiger partial charge in [0.25, 0.3) is 0 Å². The van der Waals surface area contributed by atoms with E-state index in [4.69, 9.17) is 14.2 Å². The summed E-state index contributed by atoms with van der Waals surface area (Å²) in [6.45, 7) is -0.537. The molecule has 0 bridgehead atoms. The van der Waals surface area contributed by atoms with E-state index in [1.807, 2.05) is 0 Å². The number of hydrogen-bond donors (Lipinski definition) is 7. The van der Waals surface area contributed by atoms with Gasteiger partial charge in [0.1, 0.15) is 30.5 Å². The summed E-state index contributed by atoms with van der Waals surface area (Å²) < 4.78 is 16.7. The molecule has 0 spiro atoms. The van der Waals surface area contributed by atoms with Crippen molar-refractivity contribution in [3.8, 4) is 0 Å². The fraction of sp³-hybridized carbons (Fsp3) is 1.00. The average molecular weight is 450 g/mol. The van der Waals surface area contributed by atoms with Crippen LogP contribution in [0.1, 0.15) is 44.9 Å². The molecule has 0 aromatic carbocycles. The van der Waals surface area contributed by atoms with Crippen LogP contribution in [0, 0.1) is 11.8 Å². The predicted molar refractivity (Wildman–Crippen MR) is 106 cm³/mol. The first-order chi connectivity index (χ1) is 14.8. The van der Waals surface area contributed by atoms with Crippen LogP contribution in [0.2, 0.25) is 0 Å². The number of rotatable bonds is 4. The Labute approximate surface area is 181 Å². The van der Waals surface area contributed by atoms with Gasteiger partial charge in [-0.15, -0.1) is 0 Å². The summed E-state index contributed by atoms with van der Waals surface area (Å²) in [6.07, 6.45) is -5.29. The second kappa shape index (κ2) is 9.84. The second-order valence-electron chi connectivity index (χ2n) is 9.74. The van der Waals surface area contributed by atoms with E-state index in [1.165, 1.54) is 0 Å². The van der Waals surface area contributed by atoms with Crippen LogP contribution in [0.25, 0.3) is 0 Å². The second-order valence-corrected chi connectivity index (χ2v) is 9.74. The molecule has 0 aromatic heterocycles. The monoisotopic (exact) mass is 449 g/mol. The summed E-state index contributed by atoms with van der Waals surface area (Å²) in [5.41, 5.74) is 0. The quantitative estimate of drug-likeness (QED) is 0.229. The van der Waals surface area contributed by atoms with Gasteiger partial charge in [0.15, 0.2) is 18.5 Å². The van der Waals surface area contributed by atoms with Crippen molar-refractivity contribution in [3.63, 3.8) is 0 Å². The largest absolute Gasteiger partial charge is 0.427 e. The molecular formula is C21H37O10+. The molecule has 11 atom stereocenters. The van der Waals surface area contributed by atoms with Crippen molar-refractivity contribution in [1.82, 2.24) is 0 Å². The van der Waals surface area contributed by atoms with Crippen LogP contribution in [0.3, 0.4) is 0 Å². The molecule has 4 rings (SSSR count). The zero-order valence-electron chi connectivity index (χ0n) is 17.6. The van der Waals surface area contributed by atoms with Crippen molar-refractivity contribution in [2.45, 2.75) is 112 Å². The molecule has 10 heteroatoms. The molecule has 180 valence electrons. The predicted octanol–water partition coefficient (Wildman–Crippen LogP) is -2.48. The van der Waals surface area contributed by atoms with Crippen LogP contribution in [0.5, 0.6) is 0 Å². The van der Waals surface area contributed by atoms with Gasteiger partial charge in [-0.3, -0.25) is 0 Å². The van der Waals surface area contributed by atoms with Crippen molar-refractivity contribution >= 4 is 0 Å². The summed E-state index contributed by atoms with van der Waals surface area (Å²) >= 11 is 0. The topological polar surface area (TPSA) is 173 Å². The van der Waals surface area contributed by atoms with Gasteiger partial charge in [0.2, 0.25) is 0 Å². The van der Waals surface area contributed by atoms with Crippen LogP contribution in [0.4, 0.5) is 0 Å². The lowest BCUT2D eigenvalue weighted by Gasteiger charge is -2.48. The van der Waals surface area contributed by atoms with Crippen LogP contribution >= 0.6 is 0 Å². The van der Waals surface area contributed by atoms with E-state index in [2.05, 4.69) is 0 Å². The van der Waals surface area contributed by atoms with E-state index in [0.29, 0.717) is 25.7 Å². The third-order valence-electron chi connectivity index (χ3n) is 7.65. The molecule has 0 amide bonds. The Morgan fingerprint density at radius 3 is 2.19 bits per heavy atom. The molecule has 2 heterocycles. The average Bonchev–Trinajstić information content (AvgIpc) is 2.74. The molecule has 2 aliphatic heterocycles. The fourth-order valence-corrected chi connectivity index (χ4v) is 5.83. The molecule has 4 fully saturated rings. The Hall–Kier alpha value is -0.400. The highest BCUT2D eigenvalue weighted by molar-refractivity contribution is 4.97. The lowest BCUT2D eigenvalue weighted by molar-refractivity contribution is -0.355. The normalized spacial score (nSPS) is 53.7. The van der Waals surface area contributed by atoms with Gasteiger partial charge in [-0.1, -0.05) is 0 Å². The van der Waals surface area contributed by atoms with E-state index in [9.17, 15) is 35.7 Å². The molecule has 6 unspecified atom stereocenters. The van der Waals surface area contributed by atoms with E-state index >= 15 is 0 Å². The van der Waals surface area contributed by atoms with Gasteiger partial charge in [0.05, 0.1) is 30.8 Å². The Morgan fingerprint density at radius 2 is 1.52 bits per heavy atom. The third kappa shape index (κ3) is 4.93. The van der Waals surface area contributed by atoms with Crippen LogP contribution in [-0.2, 0) is 9.47 Å². The van der Waals surface area contributed by atoms with Gasteiger partial charge in [0, 0.05) is 18.8 Å². The molecule has 2 saturated heterocycles. The van der Waals surface area contributed by atoms with Gasteiger partial charge < -0.3 is 50.0 Å². The zero-order valence-corrected chi connectivity index (χ0v) is 17.6. The highest BCUT2D eigenvalue weighted by Crippen LogP contribution is 2.42. The molecule has 0 radical (unpaired) electrons. The molecule has 2 saturated carbocycles. The minimum atomic E-state index is -1.53. The maximum Gasteiger partial charge on any atom is 0.187 e. The maximum absolute atomic E-state index is 10.5. The Kier molecular flexibility index (Phi) is 7.54. The third-order valence-corrected chi connectivity index (χ3v) is 7.65. The van der Waals surface area contributed by atoms with Gasteiger partial charge >= 0.3 is 0 Å². The molecule has 10 nitrogen and oxygen atoms in total. The summed E-state index contributed by atoms with van der Waals surface area (Å²) in [6, 6.07) is 0. The first kappa shape index (κ1) is 23.7. The van der Waals surface area contributed by atoms with Crippen molar-refractivity contribution < 1.29 is 50.0 Å². The highest BCUT2D eigenvalue weighted by Gasteiger charge is 2.54. The first-order valence-electron chi connectivity index (χ1n) is 11.5. The summed E-state index contributed by atoms with van der Waals surface area (Å²) in [5.74, 6) is -0.0424. The van der Waals surface area contributed by atoms with Gasteiger partial charge in [-0.05, 0) is 32.1 Å². The SMILES string of the molecule is OC[C@H]1O[C@@H](OC2CC3C(O)CC(O)CC3[OH+]C2C2CCC(O)CC2)[C@H](O)[C@@H](O)[C@H]1O. The van der Waals surface area contributed by atoms with E-state index < -0.39 is 55.6 Å². The molecule has 8 N–H and O–H groups in total. The van der Waals surface area contributed by atoms with E-state index in [-0.39, 0.29) is 36.6 Å². The molecule has 0 aromatic rings. The number of hydrogen-bond acceptors (Lipinski definition) is 9. The highest BCUT2D eigenvalue weighted by atomic mass is 16.7. The number of aliphatic hydroxyl groups is 9. The fourth-order valence-electron chi connectivity index (χ4n) is 5.83. The first-order valence-corrected chi connectivity index (χ1v) is 11.5. The van der Waals surface area contributed by atoms with Gasteiger partial charge in [-0.2, -0.15) is 0 Å². The molecule has 4 aliphatic rings. The summed E-state index contributed by atoms with van der Waals surface area (Å²) in [7, 11) is 0. The molecule has 2 aliphatic carbocycles. The lowest BCUT2D eigenvalue weighted by Crippen LogP contribution is -2.62. The number of fused-ring (bicyclic) bond motifs is 1. The van der Waals surface area contributed by atoms with Crippen molar-refractivity contribution in [1.29, 1.82) is 0 Å². The number of ether oxygens (including phenoxy) is 3. The van der Waals surface area contributed by atoms with E-state index in [1.54, 1.807) is 0 Å². The number of aliphatic hydroxyl groups excluding tert-OH is 7. The van der Waals surface area contributed by atoms with Crippen LogP contribution < -0.4 is 0 Å². The minimum Gasteiger partial charge on any atom is -0.427 e. The van der Waals surface area contributed by atoms with Crippen molar-refractivity contribution in [2.24, 2.45) is 11.8 Å². The van der Waals surface area contributed by atoms with Gasteiger partial charge in [-0.25, -0.2) is 0 Å². The Bertz CT molecular complexity index is 583. The van der Waals surface area contributed by atoms with Crippen molar-refractivity contribution in [2.75, 3.05) is 6.61 Å². The molecular weight excluding hydrogens is 412 g/mol. The Morgan fingerprint density at radius 1 is 0.806 bits per heavy atom. The summed E-state index contributed by atoms with van der Waals surface area (Å²) in [5, 5.41) is 70.6. The minimum absolute atomic E-state index is 0.149. The molecule has 31 heavy (non-hydrogen) atoms. The Balaban J connectivity index is 1.52. The zero-order chi connectivity index (χ0) is 22.3. The standard InChI is InChI=1S/C21H36O10/c22-8-16-17(26)18(27)19(28)21(31-16)30-15-7-12-13(25)5-11(24)6-14(12)29-20(15)9-1-3-10(23)4-2-9/h9-28H,1-8H2/p+1/t9?,10?,11?,12?,13?,14?,15?,16-,17+,18+,19-,20?,21-/m1/s1. The van der Waals surface area contributed by atoms with Crippen molar-refractivity contribution in [3.05, 3.63) is 0 Å². The van der Waals surface area contributed by atoms with Crippen LogP contribution in [0.15, 0.2) is 0 Å². The van der Waals surface area contributed by atoms with Crippen LogP contribution in [-0.4, -0.2) is 114 Å². The van der Waals surface area contributed by atoms with E-state index in [0.717, 1.165) is 12.8 Å². The summed E-state index contributed by atoms with van der Waals surface area (Å²) in [4.78, 5) is 0. The lowest BCUT2D eigenvalue weighted by atomic mass is 9.73.